The summed E-state index contributed by atoms with van der Waals surface area (Å²) in [5.74, 6) is 2.52. The first-order valence-corrected chi connectivity index (χ1v) is 9.75. The Kier molecular flexibility index (Phi) is 12.3. The van der Waals surface area contributed by atoms with E-state index in [4.69, 9.17) is 11.5 Å². The van der Waals surface area contributed by atoms with E-state index in [-0.39, 0.29) is 5.56 Å². The molecule has 0 bridgehead atoms. The summed E-state index contributed by atoms with van der Waals surface area (Å²) in [5, 5.41) is 9.87. The van der Waals surface area contributed by atoms with E-state index in [9.17, 15) is 13.2 Å². The monoisotopic (exact) mass is 419 g/mol. The number of alkyl halides is 3. The molecule has 0 spiro atoms. The summed E-state index contributed by atoms with van der Waals surface area (Å²) in [6.45, 7) is 7.48. The fourth-order valence-corrected chi connectivity index (χ4v) is 2.75. The van der Waals surface area contributed by atoms with Crippen LogP contribution in [-0.4, -0.2) is 19.3 Å². The molecule has 0 aliphatic heterocycles. The van der Waals surface area contributed by atoms with Crippen LogP contribution in [0.3, 0.4) is 0 Å². The van der Waals surface area contributed by atoms with Crippen LogP contribution < -0.4 is 5.32 Å². The molecule has 1 rings (SSSR count). The van der Waals surface area contributed by atoms with Gasteiger partial charge in [0.2, 0.25) is 0 Å². The van der Waals surface area contributed by atoms with Gasteiger partial charge in [0, 0.05) is 19.8 Å². The standard InChI is InChI=1S/C24H28F3N.CH4O/c1-7-10-11-12-20(18(5)14-13-17(4)8-2)21-15-19(9-3)23(28-6)16-22(21)24(25,26)27;1-2/h2,10-16,28H,7,9H2,1,3-6H3;2H,1H3/b11-10-,17-13+,18-14+,20-12+;. The van der Waals surface area contributed by atoms with E-state index in [1.54, 1.807) is 51.3 Å². The summed E-state index contributed by atoms with van der Waals surface area (Å²) in [6, 6.07) is 2.83. The number of aryl methyl sites for hydroxylation is 1. The van der Waals surface area contributed by atoms with Gasteiger partial charge >= 0.3 is 6.18 Å². The Balaban J connectivity index is 0.00000407. The van der Waals surface area contributed by atoms with Crippen LogP contribution >= 0.6 is 0 Å². The van der Waals surface area contributed by atoms with E-state index >= 15 is 0 Å². The highest BCUT2D eigenvalue weighted by Crippen LogP contribution is 2.40. The number of halogens is 3. The number of nitrogens with one attached hydrogen (secondary N) is 1. The molecule has 0 atom stereocenters. The molecule has 0 amide bonds. The summed E-state index contributed by atoms with van der Waals surface area (Å²) in [7, 11) is 2.63. The van der Waals surface area contributed by atoms with Crippen LogP contribution in [0.25, 0.3) is 5.57 Å². The molecule has 0 saturated heterocycles. The predicted molar refractivity (Wildman–Crippen MR) is 122 cm³/mol. The average Bonchev–Trinajstić information content (AvgIpc) is 2.74. The minimum absolute atomic E-state index is 0.171. The van der Waals surface area contributed by atoms with Crippen LogP contribution in [0.1, 0.15) is 50.8 Å². The van der Waals surface area contributed by atoms with Crippen molar-refractivity contribution < 1.29 is 18.3 Å². The van der Waals surface area contributed by atoms with Crippen LogP contribution in [-0.2, 0) is 12.6 Å². The summed E-state index contributed by atoms with van der Waals surface area (Å²) in [6.07, 6.45) is 11.3. The van der Waals surface area contributed by atoms with Crippen molar-refractivity contribution in [3.63, 3.8) is 0 Å². The summed E-state index contributed by atoms with van der Waals surface area (Å²) >= 11 is 0. The van der Waals surface area contributed by atoms with Gasteiger partial charge in [0.05, 0.1) is 5.56 Å². The van der Waals surface area contributed by atoms with Crippen molar-refractivity contribution in [3.05, 3.63) is 70.3 Å². The molecule has 0 aromatic heterocycles. The van der Waals surface area contributed by atoms with E-state index in [1.807, 2.05) is 19.9 Å². The Morgan fingerprint density at radius 1 is 1.13 bits per heavy atom. The number of anilines is 1. The second-order valence-electron chi connectivity index (χ2n) is 6.42. The number of terminal acetylenes is 1. The molecule has 5 heteroatoms. The van der Waals surface area contributed by atoms with Crippen LogP contribution in [0.2, 0.25) is 0 Å². The second kappa shape index (κ2) is 13.5. The molecule has 0 aliphatic rings. The topological polar surface area (TPSA) is 32.3 Å². The lowest BCUT2D eigenvalue weighted by Crippen LogP contribution is -2.11. The second-order valence-corrected chi connectivity index (χ2v) is 6.42. The highest BCUT2D eigenvalue weighted by atomic mass is 19.4. The molecule has 0 fully saturated rings. The minimum Gasteiger partial charge on any atom is -0.400 e. The molecule has 0 unspecified atom stereocenters. The molecule has 1 aromatic carbocycles. The molecule has 2 nitrogen and oxygen atoms in total. The molecule has 30 heavy (non-hydrogen) atoms. The zero-order valence-electron chi connectivity index (χ0n) is 18.6. The van der Waals surface area contributed by atoms with Crippen LogP contribution in [0.4, 0.5) is 18.9 Å². The Hall–Kier alpha value is -2.71. The van der Waals surface area contributed by atoms with Crippen molar-refractivity contribution in [2.75, 3.05) is 19.5 Å². The molecule has 0 saturated carbocycles. The number of benzene rings is 1. The lowest BCUT2D eigenvalue weighted by molar-refractivity contribution is -0.137. The number of aliphatic hydroxyl groups excluding tert-OH is 1. The molecule has 0 radical (unpaired) electrons. The van der Waals surface area contributed by atoms with Gasteiger partial charge < -0.3 is 10.4 Å². The van der Waals surface area contributed by atoms with Crippen molar-refractivity contribution in [3.8, 4) is 12.3 Å². The smallest absolute Gasteiger partial charge is 0.400 e. The van der Waals surface area contributed by atoms with Crippen molar-refractivity contribution in [2.24, 2.45) is 0 Å². The van der Waals surface area contributed by atoms with Crippen LogP contribution in [0, 0.1) is 12.3 Å². The van der Waals surface area contributed by atoms with Gasteiger partial charge in [0.15, 0.2) is 0 Å². The van der Waals surface area contributed by atoms with E-state index in [2.05, 4.69) is 11.2 Å². The van der Waals surface area contributed by atoms with Crippen molar-refractivity contribution >= 4 is 11.3 Å². The minimum atomic E-state index is -4.47. The Bertz CT molecular complexity index is 850. The van der Waals surface area contributed by atoms with Crippen LogP contribution in [0.5, 0.6) is 0 Å². The molecular weight excluding hydrogens is 387 g/mol. The van der Waals surface area contributed by atoms with E-state index in [0.717, 1.165) is 19.1 Å². The van der Waals surface area contributed by atoms with Crippen molar-refractivity contribution in [1.82, 2.24) is 0 Å². The maximum absolute atomic E-state index is 13.9. The predicted octanol–water partition coefficient (Wildman–Crippen LogP) is 6.79. The van der Waals surface area contributed by atoms with E-state index in [1.165, 1.54) is 6.07 Å². The lowest BCUT2D eigenvalue weighted by Gasteiger charge is -2.20. The van der Waals surface area contributed by atoms with Gasteiger partial charge in [-0.25, -0.2) is 0 Å². The number of hydrogen-bond donors (Lipinski definition) is 2. The zero-order valence-corrected chi connectivity index (χ0v) is 18.6. The molecule has 2 N–H and O–H groups in total. The number of rotatable bonds is 7. The first-order chi connectivity index (χ1) is 14.2. The SMILES string of the molecule is C#C/C(C)=C/C=C(C)/C(=C\C=C/CC)c1cc(CC)c(NC)cc1C(F)(F)F.CO. The van der Waals surface area contributed by atoms with E-state index < -0.39 is 11.7 Å². The summed E-state index contributed by atoms with van der Waals surface area (Å²) < 4.78 is 41.6. The third-order valence-electron chi connectivity index (χ3n) is 4.36. The average molecular weight is 420 g/mol. The van der Waals surface area contributed by atoms with Gasteiger partial charge in [-0.3, -0.25) is 0 Å². The number of aliphatic hydroxyl groups is 1. The lowest BCUT2D eigenvalue weighted by atomic mass is 9.90. The van der Waals surface area contributed by atoms with Gasteiger partial charge in [-0.05, 0) is 66.7 Å². The highest BCUT2D eigenvalue weighted by molar-refractivity contribution is 5.83. The number of allylic oxidation sites excluding steroid dienone is 8. The quantitative estimate of drug-likeness (QED) is 0.377. The normalized spacial score (nSPS) is 13.0. The fourth-order valence-electron chi connectivity index (χ4n) is 2.75. The molecular formula is C25H32F3NO. The maximum atomic E-state index is 13.9. The summed E-state index contributed by atoms with van der Waals surface area (Å²) in [5.41, 5.74) is 2.78. The highest BCUT2D eigenvalue weighted by Gasteiger charge is 2.35. The Morgan fingerprint density at radius 2 is 1.77 bits per heavy atom. The third-order valence-corrected chi connectivity index (χ3v) is 4.36. The van der Waals surface area contributed by atoms with Crippen molar-refractivity contribution in [2.45, 2.75) is 46.7 Å². The van der Waals surface area contributed by atoms with Gasteiger partial charge in [0.1, 0.15) is 0 Å². The van der Waals surface area contributed by atoms with Crippen molar-refractivity contribution in [1.29, 1.82) is 0 Å². The Morgan fingerprint density at radius 3 is 2.23 bits per heavy atom. The van der Waals surface area contributed by atoms with Gasteiger partial charge in [0.25, 0.3) is 0 Å². The molecule has 164 valence electrons. The molecule has 0 aliphatic carbocycles. The van der Waals surface area contributed by atoms with Gasteiger partial charge in [-0.15, -0.1) is 6.42 Å². The zero-order chi connectivity index (χ0) is 23.3. The van der Waals surface area contributed by atoms with E-state index in [0.29, 0.717) is 28.8 Å². The van der Waals surface area contributed by atoms with Gasteiger partial charge in [-0.2, -0.15) is 13.2 Å². The van der Waals surface area contributed by atoms with Gasteiger partial charge in [-0.1, -0.05) is 50.1 Å². The Labute approximate surface area is 178 Å². The first-order valence-electron chi connectivity index (χ1n) is 9.75. The largest absolute Gasteiger partial charge is 0.417 e. The third kappa shape index (κ3) is 7.96. The molecule has 0 heterocycles. The number of hydrogen-bond acceptors (Lipinski definition) is 2. The molecule has 1 aromatic rings. The first kappa shape index (κ1) is 27.3. The van der Waals surface area contributed by atoms with Crippen LogP contribution in [0.15, 0.2) is 53.7 Å². The fraction of sp³-hybridized carbons (Fsp3) is 0.360. The maximum Gasteiger partial charge on any atom is 0.417 e. The summed E-state index contributed by atoms with van der Waals surface area (Å²) in [4.78, 5) is 0.